The summed E-state index contributed by atoms with van der Waals surface area (Å²) in [5, 5.41) is 12.9. The molecule has 0 aliphatic rings. The smallest absolute Gasteiger partial charge is 0.337 e. The van der Waals surface area contributed by atoms with Gasteiger partial charge in [0.05, 0.1) is 66.6 Å². The second-order valence-corrected chi connectivity index (χ2v) is 10.6. The summed E-state index contributed by atoms with van der Waals surface area (Å²) in [5.41, 5.74) is 1.81. The highest BCUT2D eigenvalue weighted by atomic mass is 35.5. The lowest BCUT2D eigenvalue weighted by Gasteiger charge is -2.21. The molecule has 0 radical (unpaired) electrons. The highest BCUT2D eigenvalue weighted by Crippen LogP contribution is 2.37. The molecule has 0 bridgehead atoms. The van der Waals surface area contributed by atoms with Gasteiger partial charge >= 0.3 is 5.97 Å². The van der Waals surface area contributed by atoms with Gasteiger partial charge in [-0.15, -0.1) is 0 Å². The van der Waals surface area contributed by atoms with Crippen LogP contribution in [0, 0.1) is 0 Å². The highest BCUT2D eigenvalue weighted by Gasteiger charge is 2.24. The van der Waals surface area contributed by atoms with E-state index in [0.29, 0.717) is 50.2 Å². The van der Waals surface area contributed by atoms with Crippen LogP contribution in [0.2, 0.25) is 10.0 Å². The van der Waals surface area contributed by atoms with E-state index in [1.807, 2.05) is 18.2 Å². The number of hydrogen-bond donors (Lipinski definition) is 4. The van der Waals surface area contributed by atoms with Crippen molar-refractivity contribution in [3.05, 3.63) is 82.1 Å². The van der Waals surface area contributed by atoms with E-state index in [0.717, 1.165) is 5.69 Å². The van der Waals surface area contributed by atoms with Gasteiger partial charge in [0.2, 0.25) is 0 Å². The van der Waals surface area contributed by atoms with Crippen molar-refractivity contribution in [2.75, 3.05) is 51.6 Å². The molecule has 0 saturated heterocycles. The van der Waals surface area contributed by atoms with Crippen LogP contribution in [-0.2, 0) is 18.3 Å². The van der Waals surface area contributed by atoms with Crippen molar-refractivity contribution in [2.45, 2.75) is 4.08 Å². The van der Waals surface area contributed by atoms with Crippen LogP contribution in [0.15, 0.2) is 60.8 Å². The van der Waals surface area contributed by atoms with Gasteiger partial charge in [0, 0.05) is 11.9 Å². The molecule has 0 unspecified atom stereocenters. The average molecular weight is 600 g/mol. The van der Waals surface area contributed by atoms with Gasteiger partial charge in [-0.05, 0) is 36.4 Å². The zero-order valence-electron chi connectivity index (χ0n) is 20.3. The molecule has 38 heavy (non-hydrogen) atoms. The van der Waals surface area contributed by atoms with E-state index in [9.17, 15) is 9.90 Å². The predicted molar refractivity (Wildman–Crippen MR) is 155 cm³/mol. The third kappa shape index (κ3) is 9.53. The lowest BCUT2D eigenvalue weighted by atomic mass is 10.1. The minimum Gasteiger partial charge on any atom is -0.488 e. The normalized spacial score (nSPS) is 11.4. The van der Waals surface area contributed by atoms with Crippen LogP contribution in [0.3, 0.4) is 0 Å². The number of ether oxygens (including phenoxy) is 4. The molecule has 0 aliphatic carbocycles. The maximum atomic E-state index is 11.4. The van der Waals surface area contributed by atoms with Gasteiger partial charge in [-0.2, -0.15) is 25.3 Å². The minimum atomic E-state index is -1.04. The number of rotatable bonds is 16. The number of thiol groups is 2. The van der Waals surface area contributed by atoms with Gasteiger partial charge in [-0.25, -0.2) is 4.79 Å². The Morgan fingerprint density at radius 3 is 2.13 bits per heavy atom. The summed E-state index contributed by atoms with van der Waals surface area (Å²) in [6.45, 7) is 2.40. The number of pyridine rings is 1. The number of benzene rings is 2. The summed E-state index contributed by atoms with van der Waals surface area (Å²) in [5.74, 6) is -0.726. The van der Waals surface area contributed by atoms with E-state index in [2.05, 4.69) is 35.6 Å². The van der Waals surface area contributed by atoms with Gasteiger partial charge < -0.3 is 29.4 Å². The first kappa shape index (κ1) is 30.4. The number of aromatic carboxylic acids is 1. The number of carbonyl (C=O) groups is 1. The molecule has 0 fully saturated rings. The molecule has 0 spiro atoms. The van der Waals surface area contributed by atoms with Crippen LogP contribution >= 0.6 is 48.5 Å². The second-order valence-electron chi connectivity index (χ2n) is 7.90. The van der Waals surface area contributed by atoms with Crippen LogP contribution in [0.25, 0.3) is 0 Å². The summed E-state index contributed by atoms with van der Waals surface area (Å²) in [4.78, 5) is 15.6. The Balaban J connectivity index is 1.30. The zero-order valence-corrected chi connectivity index (χ0v) is 23.6. The van der Waals surface area contributed by atoms with Crippen molar-refractivity contribution in [2.24, 2.45) is 0 Å². The molecule has 3 rings (SSSR count). The fourth-order valence-electron chi connectivity index (χ4n) is 3.23. The Hall–Kier alpha value is -2.18. The molecule has 0 aliphatic heterocycles. The average Bonchev–Trinajstić information content (AvgIpc) is 2.89. The largest absolute Gasteiger partial charge is 0.488 e. The van der Waals surface area contributed by atoms with Crippen LogP contribution in [0.1, 0.15) is 16.1 Å². The Morgan fingerprint density at radius 2 is 1.50 bits per heavy atom. The minimum absolute atomic E-state index is 0.131. The quantitative estimate of drug-likeness (QED) is 0.0909. The fraction of sp³-hybridized carbons (Fsp3) is 0.308. The Bertz CT molecular complexity index is 1160. The van der Waals surface area contributed by atoms with Crippen molar-refractivity contribution in [3.63, 3.8) is 0 Å². The van der Waals surface area contributed by atoms with E-state index in [4.69, 9.17) is 42.1 Å². The first-order chi connectivity index (χ1) is 18.3. The second kappa shape index (κ2) is 15.4. The van der Waals surface area contributed by atoms with Crippen molar-refractivity contribution in [1.29, 1.82) is 0 Å². The van der Waals surface area contributed by atoms with Gasteiger partial charge in [-0.1, -0.05) is 41.4 Å². The Kier molecular flexibility index (Phi) is 12.3. The van der Waals surface area contributed by atoms with Gasteiger partial charge in [0.15, 0.2) is 5.75 Å². The topological polar surface area (TPSA) is 99.1 Å². The van der Waals surface area contributed by atoms with Crippen molar-refractivity contribution in [1.82, 2.24) is 4.98 Å². The summed E-state index contributed by atoms with van der Waals surface area (Å²) >= 11 is 21.7. The highest BCUT2D eigenvalue weighted by molar-refractivity contribution is 7.99. The molecule has 204 valence electrons. The van der Waals surface area contributed by atoms with Crippen LogP contribution in [0.4, 0.5) is 11.4 Å². The monoisotopic (exact) mass is 598 g/mol. The van der Waals surface area contributed by atoms with Gasteiger partial charge in [0.25, 0.3) is 0 Å². The first-order valence-corrected chi connectivity index (χ1v) is 13.2. The first-order valence-electron chi connectivity index (χ1n) is 11.6. The van der Waals surface area contributed by atoms with Crippen molar-refractivity contribution >= 4 is 65.8 Å². The summed E-state index contributed by atoms with van der Waals surface area (Å²) in [6.07, 6.45) is 1.69. The van der Waals surface area contributed by atoms with E-state index in [1.165, 1.54) is 6.07 Å². The van der Waals surface area contributed by atoms with Crippen LogP contribution < -0.4 is 10.1 Å². The summed E-state index contributed by atoms with van der Waals surface area (Å²) in [7, 11) is 0. The third-order valence-corrected chi connectivity index (χ3v) is 6.31. The molecular weight excluding hydrogens is 571 g/mol. The molecule has 2 aromatic carbocycles. The maximum Gasteiger partial charge on any atom is 0.337 e. The number of halogens is 2. The Labute approximate surface area is 242 Å². The number of anilines is 2. The molecule has 1 heterocycles. The standard InChI is InChI=1S/C26H28Cl2N2O6S2/c27-20-15-18(30-22-6-2-1-5-19(22)25(31)32)16-21(28)24(20)36-14-13-34-10-9-33-11-12-35-17-26(37,38)23-7-3-4-8-29-23/h1-8,15-16,30,37-38H,9-14,17H2,(H,31,32). The SMILES string of the molecule is O=C(O)c1ccccc1Nc1cc(Cl)c(OCCOCCOCCOCC(S)(S)c2ccccn2)c(Cl)c1. The number of aromatic nitrogens is 1. The molecule has 0 atom stereocenters. The number of nitrogens with zero attached hydrogens (tertiary/aromatic N) is 1. The molecule has 12 heteroatoms. The van der Waals surface area contributed by atoms with Crippen LogP contribution in [0.5, 0.6) is 5.75 Å². The van der Waals surface area contributed by atoms with E-state index in [-0.39, 0.29) is 28.8 Å². The van der Waals surface area contributed by atoms with Gasteiger partial charge in [0.1, 0.15) is 10.7 Å². The molecule has 2 N–H and O–H groups in total. The zero-order chi connectivity index (χ0) is 27.4. The van der Waals surface area contributed by atoms with Crippen molar-refractivity contribution < 1.29 is 28.8 Å². The maximum absolute atomic E-state index is 11.4. The molecule has 1 aromatic heterocycles. The number of para-hydroxylation sites is 1. The van der Waals surface area contributed by atoms with E-state index < -0.39 is 10.0 Å². The predicted octanol–water partition coefficient (Wildman–Crippen LogP) is 5.97. The van der Waals surface area contributed by atoms with E-state index in [1.54, 1.807) is 36.5 Å². The molecule has 8 nitrogen and oxygen atoms in total. The third-order valence-electron chi connectivity index (χ3n) is 5.03. The summed E-state index contributed by atoms with van der Waals surface area (Å²) < 4.78 is 21.5. The molecule has 0 saturated carbocycles. The van der Waals surface area contributed by atoms with Gasteiger partial charge in [-0.3, -0.25) is 4.98 Å². The lowest BCUT2D eigenvalue weighted by molar-refractivity contribution is 0.00859. The molecule has 3 aromatic rings. The Morgan fingerprint density at radius 1 is 0.895 bits per heavy atom. The molecule has 0 amide bonds. The van der Waals surface area contributed by atoms with E-state index >= 15 is 0 Å². The number of carboxylic acids is 1. The summed E-state index contributed by atoms with van der Waals surface area (Å²) in [6, 6.07) is 15.3. The number of hydrogen-bond acceptors (Lipinski definition) is 9. The number of nitrogens with one attached hydrogen (secondary N) is 1. The van der Waals surface area contributed by atoms with Crippen LogP contribution in [-0.4, -0.2) is 62.3 Å². The molecular formula is C26H28Cl2N2O6S2. The lowest BCUT2D eigenvalue weighted by Crippen LogP contribution is -2.22. The fourth-order valence-corrected chi connectivity index (χ4v) is 4.28. The number of carboxylic acid groups (broad SMARTS) is 1. The van der Waals surface area contributed by atoms with Crippen molar-refractivity contribution in [3.8, 4) is 5.75 Å².